The number of aromatic nitrogens is 2. The molecule has 0 atom stereocenters. The van der Waals surface area contributed by atoms with Gasteiger partial charge in [0.1, 0.15) is 0 Å². The Morgan fingerprint density at radius 1 is 1.10 bits per heavy atom. The van der Waals surface area contributed by atoms with Gasteiger partial charge in [-0.25, -0.2) is 4.31 Å². The van der Waals surface area contributed by atoms with Crippen LogP contribution in [0.2, 0.25) is 10.0 Å². The summed E-state index contributed by atoms with van der Waals surface area (Å²) in [4.78, 5) is 14.7. The predicted molar refractivity (Wildman–Crippen MR) is 124 cm³/mol. The van der Waals surface area contributed by atoms with E-state index in [1.165, 1.54) is 4.90 Å². The molecule has 0 saturated carbocycles. The summed E-state index contributed by atoms with van der Waals surface area (Å²) in [6.45, 7) is 1.82. The number of amides is 1. The summed E-state index contributed by atoms with van der Waals surface area (Å²) < 4.78 is 8.28. The lowest BCUT2D eigenvalue weighted by atomic mass is 9.98. The molecule has 162 valence electrons. The van der Waals surface area contributed by atoms with Gasteiger partial charge in [-0.2, -0.15) is 0 Å². The summed E-state index contributed by atoms with van der Waals surface area (Å²) in [6.07, 6.45) is 1.85. The van der Waals surface area contributed by atoms with Gasteiger partial charge in [0.2, 0.25) is 11.8 Å². The molecule has 1 amide bonds. The van der Waals surface area contributed by atoms with Crippen molar-refractivity contribution in [3.05, 3.63) is 64.0 Å². The Balaban J connectivity index is 1.40. The summed E-state index contributed by atoms with van der Waals surface area (Å²) in [5.74, 6) is 1.12. The van der Waals surface area contributed by atoms with Gasteiger partial charge < -0.3 is 9.32 Å². The van der Waals surface area contributed by atoms with Crippen LogP contribution in [0.15, 0.2) is 51.8 Å². The lowest BCUT2D eigenvalue weighted by Crippen LogP contribution is -2.27. The van der Waals surface area contributed by atoms with Crippen LogP contribution < -0.4 is 0 Å². The largest absolute Gasteiger partial charge is 0.420 e. The second-order valence-corrected chi connectivity index (χ2v) is 9.52. The molecule has 2 heterocycles. The summed E-state index contributed by atoms with van der Waals surface area (Å²) in [5, 5.41) is 9.61. The van der Waals surface area contributed by atoms with E-state index < -0.39 is 0 Å². The minimum Gasteiger partial charge on any atom is -0.420 e. The molecular formula is C22H22Cl2N4O2S. The van der Waals surface area contributed by atoms with E-state index in [-0.39, 0.29) is 11.8 Å². The second-order valence-electron chi connectivity index (χ2n) is 7.56. The van der Waals surface area contributed by atoms with Crippen molar-refractivity contribution in [2.75, 3.05) is 27.2 Å². The summed E-state index contributed by atoms with van der Waals surface area (Å²) in [5.41, 5.74) is 1.14. The van der Waals surface area contributed by atoms with Crippen molar-refractivity contribution in [3.8, 4) is 11.5 Å². The van der Waals surface area contributed by atoms with Crippen LogP contribution in [0.4, 0.5) is 0 Å². The average molecular weight is 477 g/mol. The number of carbonyl (C=O) groups excluding carboxylic acids is 1. The zero-order valence-corrected chi connectivity index (χ0v) is 19.5. The minimum atomic E-state index is -0.149. The van der Waals surface area contributed by atoms with Crippen molar-refractivity contribution in [2.24, 2.45) is 0 Å². The summed E-state index contributed by atoms with van der Waals surface area (Å²) in [7, 11) is 3.38. The molecule has 1 fully saturated rings. The van der Waals surface area contributed by atoms with Crippen LogP contribution >= 0.6 is 35.1 Å². The third-order valence-electron chi connectivity index (χ3n) is 5.16. The van der Waals surface area contributed by atoms with Crippen LogP contribution in [0, 0.1) is 0 Å². The first-order valence-corrected chi connectivity index (χ1v) is 11.5. The van der Waals surface area contributed by atoms with E-state index in [9.17, 15) is 4.79 Å². The van der Waals surface area contributed by atoms with Crippen molar-refractivity contribution in [1.82, 2.24) is 19.4 Å². The molecule has 1 aromatic heterocycles. The molecule has 3 aromatic rings. The summed E-state index contributed by atoms with van der Waals surface area (Å²) in [6, 6.07) is 13.0. The standard InChI is InChI=1S/C22H22Cl2N4O2S/c1-27(2)22(29)16-8-7-15(13-18(16)24)21-26-25-20(30-21)14-9-11-28(12-10-14)31-19-6-4-3-5-17(19)23/h3-8,13-14H,9-12H2,1-2H3. The number of piperidine rings is 1. The zero-order chi connectivity index (χ0) is 22.0. The Bertz CT molecular complexity index is 1080. The first-order valence-electron chi connectivity index (χ1n) is 9.95. The molecule has 9 heteroatoms. The third-order valence-corrected chi connectivity index (χ3v) is 7.09. The molecule has 31 heavy (non-hydrogen) atoms. The number of nitrogens with zero attached hydrogens (tertiary/aromatic N) is 4. The molecule has 0 bridgehead atoms. The number of carbonyl (C=O) groups is 1. The fourth-order valence-corrected chi connectivity index (χ4v) is 4.90. The van der Waals surface area contributed by atoms with Gasteiger partial charge in [-0.3, -0.25) is 4.79 Å². The van der Waals surface area contributed by atoms with E-state index in [2.05, 4.69) is 14.5 Å². The smallest absolute Gasteiger partial charge is 0.254 e. The highest BCUT2D eigenvalue weighted by atomic mass is 35.5. The van der Waals surface area contributed by atoms with Crippen LogP contribution in [0.3, 0.4) is 0 Å². The zero-order valence-electron chi connectivity index (χ0n) is 17.2. The molecule has 1 aliphatic rings. The van der Waals surface area contributed by atoms with E-state index in [0.717, 1.165) is 35.8 Å². The van der Waals surface area contributed by atoms with Crippen molar-refractivity contribution in [1.29, 1.82) is 0 Å². The van der Waals surface area contributed by atoms with E-state index in [1.54, 1.807) is 44.2 Å². The first-order chi connectivity index (χ1) is 14.9. The highest BCUT2D eigenvalue weighted by Crippen LogP contribution is 2.36. The summed E-state index contributed by atoms with van der Waals surface area (Å²) >= 11 is 14.3. The number of halogens is 2. The molecule has 0 aliphatic carbocycles. The van der Waals surface area contributed by atoms with Crippen LogP contribution in [-0.2, 0) is 0 Å². The highest BCUT2D eigenvalue weighted by molar-refractivity contribution is 7.97. The monoisotopic (exact) mass is 476 g/mol. The molecule has 1 saturated heterocycles. The van der Waals surface area contributed by atoms with Gasteiger partial charge in [-0.15, -0.1) is 10.2 Å². The van der Waals surface area contributed by atoms with Gasteiger partial charge in [0.15, 0.2) is 0 Å². The van der Waals surface area contributed by atoms with Gasteiger partial charge in [0.25, 0.3) is 5.91 Å². The van der Waals surface area contributed by atoms with Gasteiger partial charge >= 0.3 is 0 Å². The van der Waals surface area contributed by atoms with Gasteiger partial charge in [-0.05, 0) is 55.1 Å². The van der Waals surface area contributed by atoms with E-state index in [4.69, 9.17) is 27.6 Å². The molecule has 2 aromatic carbocycles. The fourth-order valence-electron chi connectivity index (χ4n) is 3.43. The van der Waals surface area contributed by atoms with Gasteiger partial charge in [0.05, 0.1) is 15.6 Å². The minimum absolute atomic E-state index is 0.149. The van der Waals surface area contributed by atoms with Crippen molar-refractivity contribution < 1.29 is 9.21 Å². The van der Waals surface area contributed by atoms with Crippen LogP contribution in [0.25, 0.3) is 11.5 Å². The molecule has 6 nitrogen and oxygen atoms in total. The van der Waals surface area contributed by atoms with E-state index >= 15 is 0 Å². The Labute approximate surface area is 195 Å². The number of benzene rings is 2. The van der Waals surface area contributed by atoms with Crippen molar-refractivity contribution >= 4 is 41.1 Å². The maximum absolute atomic E-state index is 12.2. The third kappa shape index (κ3) is 5.06. The fraction of sp³-hybridized carbons (Fsp3) is 0.318. The second kappa shape index (κ2) is 9.61. The molecular weight excluding hydrogens is 455 g/mol. The van der Waals surface area contributed by atoms with Crippen LogP contribution in [0.1, 0.15) is 35.0 Å². The highest BCUT2D eigenvalue weighted by Gasteiger charge is 2.26. The quantitative estimate of drug-likeness (QED) is 0.444. The van der Waals surface area contributed by atoms with Crippen LogP contribution in [0.5, 0.6) is 0 Å². The molecule has 0 radical (unpaired) electrons. The number of hydrogen-bond donors (Lipinski definition) is 0. The first kappa shape index (κ1) is 22.1. The SMILES string of the molecule is CN(C)C(=O)c1ccc(-c2nnc(C3CCN(Sc4ccccc4Cl)CC3)o2)cc1Cl. The van der Waals surface area contributed by atoms with E-state index in [1.807, 2.05) is 24.3 Å². The maximum Gasteiger partial charge on any atom is 0.254 e. The predicted octanol–water partition coefficient (Wildman–Crippen LogP) is 5.63. The van der Waals surface area contributed by atoms with Crippen molar-refractivity contribution in [3.63, 3.8) is 0 Å². The maximum atomic E-state index is 12.2. The molecule has 0 N–H and O–H groups in total. The normalized spacial score (nSPS) is 15.2. The Hall–Kier alpha value is -2.06. The molecule has 4 rings (SSSR count). The molecule has 0 spiro atoms. The average Bonchev–Trinajstić information content (AvgIpc) is 3.25. The van der Waals surface area contributed by atoms with Gasteiger partial charge in [0, 0.05) is 43.6 Å². The molecule has 0 unspecified atom stereocenters. The van der Waals surface area contributed by atoms with Crippen LogP contribution in [-0.4, -0.2) is 52.5 Å². The topological polar surface area (TPSA) is 62.5 Å². The number of rotatable bonds is 5. The Morgan fingerprint density at radius 3 is 2.52 bits per heavy atom. The lowest BCUT2D eigenvalue weighted by molar-refractivity contribution is 0.0828. The lowest BCUT2D eigenvalue weighted by Gasteiger charge is -2.29. The Kier molecular flexibility index (Phi) is 6.86. The van der Waals surface area contributed by atoms with Crippen molar-refractivity contribution in [2.45, 2.75) is 23.7 Å². The van der Waals surface area contributed by atoms with Gasteiger partial charge in [-0.1, -0.05) is 35.3 Å². The molecule has 1 aliphatic heterocycles. The Morgan fingerprint density at radius 2 is 1.84 bits per heavy atom. The number of hydrogen-bond acceptors (Lipinski definition) is 6. The van der Waals surface area contributed by atoms with E-state index in [0.29, 0.717) is 27.9 Å².